The van der Waals surface area contributed by atoms with E-state index in [0.29, 0.717) is 31.1 Å². The number of ether oxygens (including phenoxy) is 1. The van der Waals surface area contributed by atoms with E-state index in [0.717, 1.165) is 12.8 Å². The SMILES string of the molecule is COC(=O)N1C[C@H]2CC[C@@H]1CN(C(=O)c1cccnc1)C2. The van der Waals surface area contributed by atoms with Gasteiger partial charge in [0.05, 0.1) is 18.7 Å². The van der Waals surface area contributed by atoms with Gasteiger partial charge in [0.25, 0.3) is 5.91 Å². The molecule has 0 saturated carbocycles. The number of pyridine rings is 1. The average molecular weight is 289 g/mol. The second-order valence-electron chi connectivity index (χ2n) is 5.67. The van der Waals surface area contributed by atoms with Gasteiger partial charge in [-0.15, -0.1) is 0 Å². The van der Waals surface area contributed by atoms with Crippen molar-refractivity contribution in [3.63, 3.8) is 0 Å². The van der Waals surface area contributed by atoms with Gasteiger partial charge in [-0.05, 0) is 30.9 Å². The molecule has 2 atom stereocenters. The highest BCUT2D eigenvalue weighted by Gasteiger charge is 2.39. The van der Waals surface area contributed by atoms with Gasteiger partial charge in [0.2, 0.25) is 0 Å². The predicted molar refractivity (Wildman–Crippen MR) is 75.8 cm³/mol. The summed E-state index contributed by atoms with van der Waals surface area (Å²) in [6, 6.07) is 3.59. The second-order valence-corrected chi connectivity index (χ2v) is 5.67. The summed E-state index contributed by atoms with van der Waals surface area (Å²) in [6.07, 6.45) is 4.93. The number of aromatic nitrogens is 1. The zero-order valence-electron chi connectivity index (χ0n) is 12.1. The third kappa shape index (κ3) is 2.70. The molecule has 21 heavy (non-hydrogen) atoms. The van der Waals surface area contributed by atoms with Crippen molar-refractivity contribution in [2.45, 2.75) is 18.9 Å². The molecule has 6 heteroatoms. The summed E-state index contributed by atoms with van der Waals surface area (Å²) < 4.78 is 4.85. The molecule has 0 aliphatic carbocycles. The Morgan fingerprint density at radius 3 is 2.86 bits per heavy atom. The Bertz CT molecular complexity index is 534. The van der Waals surface area contributed by atoms with Crippen LogP contribution in [0.1, 0.15) is 23.2 Å². The normalized spacial score (nSPS) is 24.6. The van der Waals surface area contributed by atoms with Crippen LogP contribution in [0.15, 0.2) is 24.5 Å². The maximum atomic E-state index is 12.6. The van der Waals surface area contributed by atoms with Crippen molar-refractivity contribution in [3.05, 3.63) is 30.1 Å². The fraction of sp³-hybridized carbons (Fsp3) is 0.533. The molecule has 3 aliphatic heterocycles. The lowest BCUT2D eigenvalue weighted by atomic mass is 9.95. The van der Waals surface area contributed by atoms with Crippen LogP contribution in [0.25, 0.3) is 0 Å². The van der Waals surface area contributed by atoms with E-state index in [2.05, 4.69) is 4.98 Å². The first-order valence-electron chi connectivity index (χ1n) is 7.23. The van der Waals surface area contributed by atoms with Gasteiger partial charge in [-0.25, -0.2) is 4.79 Å². The highest BCUT2D eigenvalue weighted by Crippen LogP contribution is 2.29. The van der Waals surface area contributed by atoms with E-state index in [9.17, 15) is 9.59 Å². The summed E-state index contributed by atoms with van der Waals surface area (Å²) in [6.45, 7) is 1.94. The van der Waals surface area contributed by atoms with Crippen molar-refractivity contribution in [3.8, 4) is 0 Å². The van der Waals surface area contributed by atoms with E-state index >= 15 is 0 Å². The molecule has 0 radical (unpaired) electrons. The summed E-state index contributed by atoms with van der Waals surface area (Å²) >= 11 is 0. The molecule has 4 heterocycles. The number of nitrogens with zero attached hydrogens (tertiary/aromatic N) is 3. The molecule has 6 nitrogen and oxygen atoms in total. The highest BCUT2D eigenvalue weighted by molar-refractivity contribution is 5.94. The van der Waals surface area contributed by atoms with E-state index in [1.807, 2.05) is 4.90 Å². The fourth-order valence-electron chi connectivity index (χ4n) is 3.26. The van der Waals surface area contributed by atoms with Gasteiger partial charge >= 0.3 is 6.09 Å². The summed E-state index contributed by atoms with van der Waals surface area (Å²) in [7, 11) is 1.40. The van der Waals surface area contributed by atoms with Gasteiger partial charge in [0.15, 0.2) is 0 Å². The molecule has 3 fully saturated rings. The van der Waals surface area contributed by atoms with E-state index in [1.165, 1.54) is 7.11 Å². The minimum Gasteiger partial charge on any atom is -0.453 e. The van der Waals surface area contributed by atoms with Crippen molar-refractivity contribution in [1.29, 1.82) is 0 Å². The standard InChI is InChI=1S/C15H19N3O3/c1-21-15(20)18-9-11-4-5-13(18)10-17(8-11)14(19)12-3-2-6-16-7-12/h2-3,6-7,11,13H,4-5,8-10H2,1H3/t11-,13+/m0/s1. The molecule has 1 aromatic heterocycles. The van der Waals surface area contributed by atoms with Gasteiger partial charge in [0, 0.05) is 32.0 Å². The maximum absolute atomic E-state index is 12.6. The topological polar surface area (TPSA) is 62.7 Å². The molecule has 2 amide bonds. The lowest BCUT2D eigenvalue weighted by Crippen LogP contribution is -2.47. The Morgan fingerprint density at radius 1 is 1.29 bits per heavy atom. The lowest BCUT2D eigenvalue weighted by molar-refractivity contribution is 0.0714. The molecule has 0 spiro atoms. The Labute approximate surface area is 123 Å². The number of methoxy groups -OCH3 is 1. The van der Waals surface area contributed by atoms with E-state index in [-0.39, 0.29) is 18.0 Å². The molecular weight excluding hydrogens is 270 g/mol. The van der Waals surface area contributed by atoms with E-state index < -0.39 is 0 Å². The van der Waals surface area contributed by atoms with Crippen molar-refractivity contribution >= 4 is 12.0 Å². The van der Waals surface area contributed by atoms with Crippen molar-refractivity contribution in [2.24, 2.45) is 5.92 Å². The molecule has 0 N–H and O–H groups in total. The van der Waals surface area contributed by atoms with E-state index in [4.69, 9.17) is 4.74 Å². The Morgan fingerprint density at radius 2 is 2.14 bits per heavy atom. The largest absolute Gasteiger partial charge is 0.453 e. The Balaban J connectivity index is 1.78. The molecular formula is C15H19N3O3. The molecule has 0 aromatic carbocycles. The number of rotatable bonds is 1. The van der Waals surface area contributed by atoms with Crippen LogP contribution >= 0.6 is 0 Å². The van der Waals surface area contributed by atoms with Crippen molar-refractivity contribution in [1.82, 2.24) is 14.8 Å². The van der Waals surface area contributed by atoms with Gasteiger partial charge in [-0.1, -0.05) is 0 Å². The fourth-order valence-corrected chi connectivity index (χ4v) is 3.26. The quantitative estimate of drug-likeness (QED) is 0.783. The Hall–Kier alpha value is -2.11. The van der Waals surface area contributed by atoms with Crippen LogP contribution in [0.2, 0.25) is 0 Å². The molecule has 3 aliphatic rings. The monoisotopic (exact) mass is 289 g/mol. The molecule has 2 bridgehead atoms. The van der Waals surface area contributed by atoms with Crippen LogP contribution in [-0.4, -0.2) is 59.6 Å². The number of carbonyl (C=O) groups excluding carboxylic acids is 2. The Kier molecular flexibility index (Phi) is 3.77. The van der Waals surface area contributed by atoms with Crippen LogP contribution < -0.4 is 0 Å². The van der Waals surface area contributed by atoms with Crippen molar-refractivity contribution in [2.75, 3.05) is 26.7 Å². The third-order valence-electron chi connectivity index (χ3n) is 4.32. The second kappa shape index (κ2) is 5.71. The van der Waals surface area contributed by atoms with Crippen LogP contribution in [0, 0.1) is 5.92 Å². The highest BCUT2D eigenvalue weighted by atomic mass is 16.5. The number of hydrogen-bond donors (Lipinski definition) is 0. The van der Waals surface area contributed by atoms with Crippen LogP contribution in [0.4, 0.5) is 4.79 Å². The van der Waals surface area contributed by atoms with Gasteiger partial charge < -0.3 is 14.5 Å². The predicted octanol–water partition coefficient (Wildman–Crippen LogP) is 1.38. The number of carbonyl (C=O) groups is 2. The van der Waals surface area contributed by atoms with E-state index in [1.54, 1.807) is 29.4 Å². The summed E-state index contributed by atoms with van der Waals surface area (Å²) in [5.41, 5.74) is 0.600. The summed E-state index contributed by atoms with van der Waals surface area (Å²) in [5.74, 6) is 0.315. The zero-order valence-corrected chi connectivity index (χ0v) is 12.1. The van der Waals surface area contributed by atoms with Gasteiger partial charge in [-0.2, -0.15) is 0 Å². The number of amides is 2. The zero-order chi connectivity index (χ0) is 14.8. The van der Waals surface area contributed by atoms with Gasteiger partial charge in [-0.3, -0.25) is 9.78 Å². The van der Waals surface area contributed by atoms with Crippen LogP contribution in [0.3, 0.4) is 0 Å². The minimum atomic E-state index is -0.291. The molecule has 4 rings (SSSR count). The maximum Gasteiger partial charge on any atom is 0.409 e. The summed E-state index contributed by atoms with van der Waals surface area (Å²) in [5, 5.41) is 0. The molecule has 3 saturated heterocycles. The first-order valence-corrected chi connectivity index (χ1v) is 7.23. The first-order chi connectivity index (χ1) is 10.2. The summed E-state index contributed by atoms with van der Waals surface area (Å²) in [4.78, 5) is 32.0. The average Bonchev–Trinajstić information content (AvgIpc) is 2.86. The molecule has 0 unspecified atom stereocenters. The van der Waals surface area contributed by atoms with Crippen LogP contribution in [-0.2, 0) is 4.74 Å². The number of fused-ring (bicyclic) bond motifs is 4. The molecule has 1 aromatic rings. The minimum absolute atomic E-state index is 0.00767. The molecule has 112 valence electrons. The number of hydrogen-bond acceptors (Lipinski definition) is 4. The third-order valence-corrected chi connectivity index (χ3v) is 4.32. The lowest BCUT2D eigenvalue weighted by Gasteiger charge is -2.34. The van der Waals surface area contributed by atoms with Crippen LogP contribution in [0.5, 0.6) is 0 Å². The van der Waals surface area contributed by atoms with Gasteiger partial charge in [0.1, 0.15) is 0 Å². The smallest absolute Gasteiger partial charge is 0.409 e. The number of piperidine rings is 1. The first kappa shape index (κ1) is 13.9. The van der Waals surface area contributed by atoms with Crippen molar-refractivity contribution < 1.29 is 14.3 Å².